The first-order valence-corrected chi connectivity index (χ1v) is 8.82. The minimum atomic E-state index is -1.15. The molecule has 1 aromatic carbocycles. The van der Waals surface area contributed by atoms with E-state index in [1.54, 1.807) is 17.5 Å². The van der Waals surface area contributed by atoms with E-state index < -0.39 is 22.9 Å². The maximum atomic E-state index is 12.1. The van der Waals surface area contributed by atoms with Crippen molar-refractivity contribution in [3.05, 3.63) is 56.8 Å². The van der Waals surface area contributed by atoms with Crippen molar-refractivity contribution in [2.75, 3.05) is 11.9 Å². The van der Waals surface area contributed by atoms with Crippen LogP contribution in [0, 0.1) is 10.1 Å². The Labute approximate surface area is 158 Å². The predicted octanol–water partition coefficient (Wildman–Crippen LogP) is 2.35. The molecular weight excluding hydrogens is 374 g/mol. The maximum absolute atomic E-state index is 12.1. The number of nitrogens with one attached hydrogen (secondary N) is 2. The fourth-order valence-corrected chi connectivity index (χ4v) is 2.70. The quantitative estimate of drug-likeness (QED) is 0.404. The third-order valence-electron chi connectivity index (χ3n) is 3.40. The number of amides is 2. The second-order valence-electron chi connectivity index (χ2n) is 5.38. The number of benzene rings is 1. The van der Waals surface area contributed by atoms with Crippen molar-refractivity contribution in [1.29, 1.82) is 0 Å². The lowest BCUT2D eigenvalue weighted by Crippen LogP contribution is -2.32. The van der Waals surface area contributed by atoms with E-state index in [4.69, 9.17) is 4.74 Å². The molecule has 2 aromatic rings. The van der Waals surface area contributed by atoms with E-state index in [0.29, 0.717) is 4.88 Å². The smallest absolute Gasteiger partial charge is 0.308 e. The van der Waals surface area contributed by atoms with Gasteiger partial charge in [0.1, 0.15) is 5.69 Å². The number of esters is 1. The highest BCUT2D eigenvalue weighted by Crippen LogP contribution is 2.23. The van der Waals surface area contributed by atoms with Crippen LogP contribution in [-0.4, -0.2) is 35.4 Å². The number of anilines is 1. The number of hydrogen-bond acceptors (Lipinski definition) is 7. The molecule has 1 atom stereocenters. The van der Waals surface area contributed by atoms with Crippen LogP contribution in [0.25, 0.3) is 0 Å². The minimum Gasteiger partial charge on any atom is -0.452 e. The summed E-state index contributed by atoms with van der Waals surface area (Å²) < 4.78 is 4.99. The van der Waals surface area contributed by atoms with Gasteiger partial charge in [-0.3, -0.25) is 24.5 Å². The van der Waals surface area contributed by atoms with E-state index in [1.807, 2.05) is 0 Å². The number of ether oxygens (including phenoxy) is 1. The van der Waals surface area contributed by atoms with Gasteiger partial charge in [0.2, 0.25) is 0 Å². The second kappa shape index (κ2) is 9.43. The molecule has 2 amide bonds. The van der Waals surface area contributed by atoms with Crippen molar-refractivity contribution in [3.8, 4) is 0 Å². The normalized spacial score (nSPS) is 11.3. The average Bonchev–Trinajstić information content (AvgIpc) is 3.16. The van der Waals surface area contributed by atoms with Crippen molar-refractivity contribution < 1.29 is 24.0 Å². The number of nitro benzene ring substituents is 1. The number of carbonyl (C=O) groups is 3. The fourth-order valence-electron chi connectivity index (χ4n) is 2.06. The summed E-state index contributed by atoms with van der Waals surface area (Å²) in [6.07, 6.45) is -1.26. The topological polar surface area (TPSA) is 128 Å². The SMILES string of the molecule is C[C@@H](OC(=O)CCNC(=O)c1cccs1)C(=O)Nc1ccccc1[N+](=O)[O-]. The van der Waals surface area contributed by atoms with Gasteiger partial charge in [-0.15, -0.1) is 11.3 Å². The molecule has 0 spiro atoms. The van der Waals surface area contributed by atoms with E-state index in [2.05, 4.69) is 10.6 Å². The molecule has 0 bridgehead atoms. The molecule has 27 heavy (non-hydrogen) atoms. The Morgan fingerprint density at radius 3 is 2.63 bits per heavy atom. The molecule has 2 N–H and O–H groups in total. The van der Waals surface area contributed by atoms with E-state index in [9.17, 15) is 24.5 Å². The zero-order valence-electron chi connectivity index (χ0n) is 14.3. The highest BCUT2D eigenvalue weighted by Gasteiger charge is 2.21. The van der Waals surface area contributed by atoms with Crippen LogP contribution in [0.2, 0.25) is 0 Å². The van der Waals surface area contributed by atoms with Crippen LogP contribution in [0.15, 0.2) is 41.8 Å². The van der Waals surface area contributed by atoms with Gasteiger partial charge in [0.25, 0.3) is 17.5 Å². The Morgan fingerprint density at radius 1 is 1.22 bits per heavy atom. The number of thiophene rings is 1. The van der Waals surface area contributed by atoms with Gasteiger partial charge in [-0.2, -0.15) is 0 Å². The standard InChI is InChI=1S/C17H17N3O6S/c1-11(16(22)19-12-5-2-3-6-13(12)20(24)25)26-15(21)8-9-18-17(23)14-7-4-10-27-14/h2-7,10-11H,8-9H2,1H3,(H,18,23)(H,19,22)/t11-/m1/s1. The van der Waals surface area contributed by atoms with Crippen molar-refractivity contribution in [1.82, 2.24) is 5.32 Å². The average molecular weight is 391 g/mol. The summed E-state index contributed by atoms with van der Waals surface area (Å²) >= 11 is 1.28. The van der Waals surface area contributed by atoms with Gasteiger partial charge in [-0.1, -0.05) is 18.2 Å². The Hall–Kier alpha value is -3.27. The lowest BCUT2D eigenvalue weighted by atomic mass is 10.2. The first-order valence-electron chi connectivity index (χ1n) is 7.94. The molecular formula is C17H17N3O6S. The monoisotopic (exact) mass is 391 g/mol. The molecule has 0 saturated heterocycles. The number of nitro groups is 1. The molecule has 2 rings (SSSR count). The van der Waals surface area contributed by atoms with Crippen molar-refractivity contribution in [2.24, 2.45) is 0 Å². The van der Waals surface area contributed by atoms with E-state index >= 15 is 0 Å². The first kappa shape index (κ1) is 20.0. The van der Waals surface area contributed by atoms with Crippen LogP contribution in [0.4, 0.5) is 11.4 Å². The highest BCUT2D eigenvalue weighted by atomic mass is 32.1. The zero-order valence-corrected chi connectivity index (χ0v) is 15.2. The molecule has 1 aromatic heterocycles. The van der Waals surface area contributed by atoms with Gasteiger partial charge in [0.15, 0.2) is 6.10 Å². The maximum Gasteiger partial charge on any atom is 0.308 e. The largest absolute Gasteiger partial charge is 0.452 e. The van der Waals surface area contributed by atoms with E-state index in [0.717, 1.165) is 0 Å². The second-order valence-corrected chi connectivity index (χ2v) is 6.33. The van der Waals surface area contributed by atoms with Crippen LogP contribution >= 0.6 is 11.3 Å². The van der Waals surface area contributed by atoms with Crippen LogP contribution < -0.4 is 10.6 Å². The third-order valence-corrected chi connectivity index (χ3v) is 4.26. The van der Waals surface area contributed by atoms with Crippen LogP contribution in [0.3, 0.4) is 0 Å². The van der Waals surface area contributed by atoms with Crippen molar-refractivity contribution in [2.45, 2.75) is 19.4 Å². The third kappa shape index (κ3) is 5.89. The number of hydrogen-bond donors (Lipinski definition) is 2. The fraction of sp³-hybridized carbons (Fsp3) is 0.235. The van der Waals surface area contributed by atoms with Crippen LogP contribution in [0.5, 0.6) is 0 Å². The van der Waals surface area contributed by atoms with Crippen LogP contribution in [-0.2, 0) is 14.3 Å². The van der Waals surface area contributed by atoms with Gasteiger partial charge in [-0.05, 0) is 24.4 Å². The number of nitrogens with zero attached hydrogens (tertiary/aromatic N) is 1. The van der Waals surface area contributed by atoms with Gasteiger partial charge in [0, 0.05) is 12.6 Å². The summed E-state index contributed by atoms with van der Waals surface area (Å²) in [5, 5.41) is 17.6. The molecule has 0 fully saturated rings. The summed E-state index contributed by atoms with van der Waals surface area (Å²) in [4.78, 5) is 46.5. The lowest BCUT2D eigenvalue weighted by molar-refractivity contribution is -0.383. The Morgan fingerprint density at radius 2 is 1.96 bits per heavy atom. The van der Waals surface area contributed by atoms with Crippen molar-refractivity contribution >= 4 is 40.5 Å². The summed E-state index contributed by atoms with van der Waals surface area (Å²) in [7, 11) is 0. The number of para-hydroxylation sites is 2. The number of carbonyl (C=O) groups excluding carboxylic acids is 3. The minimum absolute atomic E-state index is 0.0126. The zero-order chi connectivity index (χ0) is 19.8. The van der Waals surface area contributed by atoms with Gasteiger partial charge in [0.05, 0.1) is 16.2 Å². The summed E-state index contributed by atoms with van der Waals surface area (Å²) in [5.41, 5.74) is -0.251. The molecule has 9 nitrogen and oxygen atoms in total. The summed E-state index contributed by atoms with van der Waals surface area (Å²) in [5.74, 6) is -1.66. The Kier molecular flexibility index (Phi) is 7.00. The molecule has 0 radical (unpaired) electrons. The van der Waals surface area contributed by atoms with E-state index in [1.165, 1.54) is 42.5 Å². The Bertz CT molecular complexity index is 837. The summed E-state index contributed by atoms with van der Waals surface area (Å²) in [6.45, 7) is 1.42. The highest BCUT2D eigenvalue weighted by molar-refractivity contribution is 7.12. The molecule has 0 saturated carbocycles. The van der Waals surface area contributed by atoms with Gasteiger partial charge in [-0.25, -0.2) is 0 Å². The molecule has 0 aliphatic carbocycles. The lowest BCUT2D eigenvalue weighted by Gasteiger charge is -2.13. The van der Waals surface area contributed by atoms with Gasteiger partial charge >= 0.3 is 5.97 Å². The molecule has 142 valence electrons. The molecule has 0 unspecified atom stereocenters. The molecule has 0 aliphatic rings. The molecule has 1 heterocycles. The first-order chi connectivity index (χ1) is 12.9. The Balaban J connectivity index is 1.79. The van der Waals surface area contributed by atoms with Gasteiger partial charge < -0.3 is 15.4 Å². The molecule has 0 aliphatic heterocycles. The van der Waals surface area contributed by atoms with Crippen molar-refractivity contribution in [3.63, 3.8) is 0 Å². The number of rotatable bonds is 8. The summed E-state index contributed by atoms with van der Waals surface area (Å²) in [6, 6.07) is 9.04. The van der Waals surface area contributed by atoms with Crippen LogP contribution in [0.1, 0.15) is 23.0 Å². The predicted molar refractivity (Wildman–Crippen MR) is 98.5 cm³/mol. The van der Waals surface area contributed by atoms with E-state index in [-0.39, 0.29) is 30.2 Å². The molecule has 10 heteroatoms.